The third-order valence-electron chi connectivity index (χ3n) is 2.76. The first-order chi connectivity index (χ1) is 10.4. The van der Waals surface area contributed by atoms with E-state index in [0.29, 0.717) is 12.1 Å². The Bertz CT molecular complexity index is 617. The summed E-state index contributed by atoms with van der Waals surface area (Å²) in [4.78, 5) is 11.7. The number of methoxy groups -OCH3 is 1. The van der Waals surface area contributed by atoms with Gasteiger partial charge in [-0.15, -0.1) is 0 Å². The van der Waals surface area contributed by atoms with Crippen LogP contribution >= 0.6 is 0 Å². The zero-order valence-corrected chi connectivity index (χ0v) is 12.0. The highest BCUT2D eigenvalue weighted by Crippen LogP contribution is 2.29. The van der Waals surface area contributed by atoms with E-state index in [2.05, 4.69) is 15.0 Å². The van der Waals surface area contributed by atoms with Crippen LogP contribution in [-0.2, 0) is 12.6 Å². The Hall–Kier alpha value is -2.38. The van der Waals surface area contributed by atoms with Crippen molar-refractivity contribution in [3.63, 3.8) is 0 Å². The molecule has 0 saturated carbocycles. The van der Waals surface area contributed by atoms with E-state index in [-0.39, 0.29) is 18.0 Å². The van der Waals surface area contributed by atoms with Crippen LogP contribution in [0, 0.1) is 0 Å². The second-order valence-electron chi connectivity index (χ2n) is 4.55. The summed E-state index contributed by atoms with van der Waals surface area (Å²) in [6, 6.07) is 4.09. The molecular weight excluding hydrogens is 299 g/mol. The predicted molar refractivity (Wildman–Crippen MR) is 71.6 cm³/mol. The number of hydrogen-bond acceptors (Lipinski definition) is 5. The molecule has 1 atom stereocenters. The van der Waals surface area contributed by atoms with Crippen LogP contribution in [0.4, 0.5) is 13.2 Å². The van der Waals surface area contributed by atoms with Crippen molar-refractivity contribution in [2.75, 3.05) is 7.11 Å². The fraction of sp³-hybridized carbons (Fsp3) is 0.357. The van der Waals surface area contributed by atoms with Gasteiger partial charge in [0.25, 0.3) is 0 Å². The Morgan fingerprint density at radius 2 is 1.95 bits per heavy atom. The molecule has 8 heteroatoms. The molecule has 0 radical (unpaired) electrons. The standard InChI is InChI=1S/C14H14F3N3O2/c1-9(7-11-5-6-18-13(20-11)21-2)22-12-4-3-10(8-19-12)14(15,16)17/h3-6,8-9H,7H2,1-2H3. The second-order valence-corrected chi connectivity index (χ2v) is 4.55. The van der Waals surface area contributed by atoms with Gasteiger partial charge >= 0.3 is 12.2 Å². The number of ether oxygens (including phenoxy) is 2. The van der Waals surface area contributed by atoms with Crippen LogP contribution < -0.4 is 9.47 Å². The molecule has 0 amide bonds. The molecule has 2 aromatic heterocycles. The zero-order chi connectivity index (χ0) is 16.2. The highest BCUT2D eigenvalue weighted by atomic mass is 19.4. The van der Waals surface area contributed by atoms with Gasteiger partial charge < -0.3 is 9.47 Å². The van der Waals surface area contributed by atoms with E-state index in [9.17, 15) is 13.2 Å². The van der Waals surface area contributed by atoms with Crippen molar-refractivity contribution in [3.05, 3.63) is 41.9 Å². The van der Waals surface area contributed by atoms with Crippen molar-refractivity contribution in [1.82, 2.24) is 15.0 Å². The van der Waals surface area contributed by atoms with Gasteiger partial charge in [0.2, 0.25) is 5.88 Å². The van der Waals surface area contributed by atoms with Gasteiger partial charge in [-0.2, -0.15) is 13.2 Å². The first-order valence-electron chi connectivity index (χ1n) is 6.44. The molecule has 22 heavy (non-hydrogen) atoms. The summed E-state index contributed by atoms with van der Waals surface area (Å²) in [5.41, 5.74) is -0.112. The largest absolute Gasteiger partial charge is 0.474 e. The number of rotatable bonds is 5. The van der Waals surface area contributed by atoms with E-state index >= 15 is 0 Å². The highest BCUT2D eigenvalue weighted by Gasteiger charge is 2.30. The van der Waals surface area contributed by atoms with Crippen LogP contribution in [0.2, 0.25) is 0 Å². The summed E-state index contributed by atoms with van der Waals surface area (Å²) >= 11 is 0. The fourth-order valence-electron chi connectivity index (χ4n) is 1.75. The average molecular weight is 313 g/mol. The average Bonchev–Trinajstić information content (AvgIpc) is 2.47. The van der Waals surface area contributed by atoms with Gasteiger partial charge in [-0.3, -0.25) is 0 Å². The molecule has 118 valence electrons. The topological polar surface area (TPSA) is 57.1 Å². The normalized spacial score (nSPS) is 12.8. The Morgan fingerprint density at radius 1 is 1.18 bits per heavy atom. The van der Waals surface area contributed by atoms with Crippen LogP contribution in [-0.4, -0.2) is 28.2 Å². The van der Waals surface area contributed by atoms with E-state index in [1.807, 2.05) is 0 Å². The third-order valence-corrected chi connectivity index (χ3v) is 2.76. The maximum atomic E-state index is 12.4. The van der Waals surface area contributed by atoms with Crippen molar-refractivity contribution in [2.24, 2.45) is 0 Å². The lowest BCUT2D eigenvalue weighted by Gasteiger charge is -2.14. The third kappa shape index (κ3) is 4.31. The Morgan fingerprint density at radius 3 is 2.55 bits per heavy atom. The summed E-state index contributed by atoms with van der Waals surface area (Å²) in [5, 5.41) is 0. The number of alkyl halides is 3. The monoisotopic (exact) mass is 313 g/mol. The van der Waals surface area contributed by atoms with E-state index < -0.39 is 11.7 Å². The second kappa shape index (κ2) is 6.59. The summed E-state index contributed by atoms with van der Waals surface area (Å²) in [6.07, 6.45) is -1.97. The smallest absolute Gasteiger partial charge is 0.417 e. The van der Waals surface area contributed by atoms with Gasteiger partial charge in [-0.1, -0.05) is 0 Å². The molecule has 2 heterocycles. The van der Waals surface area contributed by atoms with Gasteiger partial charge in [0.05, 0.1) is 18.4 Å². The van der Waals surface area contributed by atoms with Crippen LogP contribution in [0.25, 0.3) is 0 Å². The summed E-state index contributed by atoms with van der Waals surface area (Å²) in [5.74, 6) is 0.126. The molecule has 0 fully saturated rings. The molecule has 5 nitrogen and oxygen atoms in total. The number of nitrogens with zero attached hydrogens (tertiary/aromatic N) is 3. The summed E-state index contributed by atoms with van der Waals surface area (Å²) < 4.78 is 47.7. The van der Waals surface area contributed by atoms with E-state index in [0.717, 1.165) is 12.3 Å². The maximum absolute atomic E-state index is 12.4. The van der Waals surface area contributed by atoms with Crippen LogP contribution in [0.5, 0.6) is 11.9 Å². The van der Waals surface area contributed by atoms with Gasteiger partial charge in [-0.05, 0) is 19.1 Å². The van der Waals surface area contributed by atoms with Crippen LogP contribution in [0.1, 0.15) is 18.2 Å². The molecule has 0 aliphatic carbocycles. The molecule has 0 bridgehead atoms. The fourth-order valence-corrected chi connectivity index (χ4v) is 1.75. The summed E-state index contributed by atoms with van der Waals surface area (Å²) in [7, 11) is 1.46. The number of aromatic nitrogens is 3. The molecule has 2 rings (SSSR count). The Kier molecular flexibility index (Phi) is 4.79. The zero-order valence-electron chi connectivity index (χ0n) is 12.0. The molecule has 0 spiro atoms. The summed E-state index contributed by atoms with van der Waals surface area (Å²) in [6.45, 7) is 1.77. The first-order valence-corrected chi connectivity index (χ1v) is 6.44. The molecular formula is C14H14F3N3O2. The molecule has 0 saturated heterocycles. The van der Waals surface area contributed by atoms with Crippen LogP contribution in [0.15, 0.2) is 30.6 Å². The molecule has 1 unspecified atom stereocenters. The van der Waals surface area contributed by atoms with Gasteiger partial charge in [-0.25, -0.2) is 15.0 Å². The molecule has 0 N–H and O–H groups in total. The SMILES string of the molecule is COc1nccc(CC(C)Oc2ccc(C(F)(F)F)cn2)n1. The minimum Gasteiger partial charge on any atom is -0.474 e. The Balaban J connectivity index is 1.98. The molecule has 0 aliphatic heterocycles. The lowest BCUT2D eigenvalue weighted by atomic mass is 10.2. The van der Waals surface area contributed by atoms with Crippen molar-refractivity contribution < 1.29 is 22.6 Å². The van der Waals surface area contributed by atoms with Gasteiger partial charge in [0.1, 0.15) is 6.10 Å². The van der Waals surface area contributed by atoms with Gasteiger partial charge in [0.15, 0.2) is 0 Å². The first kappa shape index (κ1) is 16.0. The number of hydrogen-bond donors (Lipinski definition) is 0. The van der Waals surface area contributed by atoms with E-state index in [1.165, 1.54) is 13.2 Å². The van der Waals surface area contributed by atoms with Crippen LogP contribution in [0.3, 0.4) is 0 Å². The van der Waals surface area contributed by atoms with Gasteiger partial charge in [0, 0.05) is 24.9 Å². The van der Waals surface area contributed by atoms with Crippen molar-refractivity contribution >= 4 is 0 Å². The number of halogens is 3. The lowest BCUT2D eigenvalue weighted by molar-refractivity contribution is -0.137. The molecule has 0 aliphatic rings. The molecule has 0 aromatic carbocycles. The minimum atomic E-state index is -4.41. The highest BCUT2D eigenvalue weighted by molar-refractivity contribution is 5.20. The van der Waals surface area contributed by atoms with Crippen molar-refractivity contribution in [1.29, 1.82) is 0 Å². The van der Waals surface area contributed by atoms with Crippen molar-refractivity contribution in [3.8, 4) is 11.9 Å². The number of pyridine rings is 1. The van der Waals surface area contributed by atoms with E-state index in [4.69, 9.17) is 9.47 Å². The predicted octanol–water partition coefficient (Wildman–Crippen LogP) is 2.91. The maximum Gasteiger partial charge on any atom is 0.417 e. The minimum absolute atomic E-state index is 0.126. The molecule has 2 aromatic rings. The lowest BCUT2D eigenvalue weighted by Crippen LogP contribution is -2.17. The van der Waals surface area contributed by atoms with E-state index in [1.54, 1.807) is 19.2 Å². The Labute approximate surface area is 125 Å². The quantitative estimate of drug-likeness (QED) is 0.849. The van der Waals surface area contributed by atoms with Crippen molar-refractivity contribution in [2.45, 2.75) is 25.6 Å².